The largest absolute Gasteiger partial charge is 0.456 e. The minimum atomic E-state index is 0.534. The van der Waals surface area contributed by atoms with Gasteiger partial charge >= 0.3 is 0 Å². The molecule has 6 nitrogen and oxygen atoms in total. The van der Waals surface area contributed by atoms with E-state index in [9.17, 15) is 0 Å². The monoisotopic (exact) mass is 754 g/mol. The summed E-state index contributed by atoms with van der Waals surface area (Å²) in [5.41, 5.74) is 8.76. The van der Waals surface area contributed by atoms with Crippen molar-refractivity contribution in [1.82, 2.24) is 19.5 Å². The van der Waals surface area contributed by atoms with E-state index < -0.39 is 0 Å². The number of fused-ring (bicyclic) bond motifs is 11. The van der Waals surface area contributed by atoms with Crippen molar-refractivity contribution in [2.45, 2.75) is 0 Å². The molecule has 4 heterocycles. The van der Waals surface area contributed by atoms with Crippen LogP contribution in [0, 0.1) is 0 Å². The lowest BCUT2D eigenvalue weighted by Crippen LogP contribution is -2.04. The number of benzene rings is 9. The zero-order valence-electron chi connectivity index (χ0n) is 31.4. The lowest BCUT2D eigenvalue weighted by Gasteiger charge is -2.16. The summed E-state index contributed by atoms with van der Waals surface area (Å²) in [6.45, 7) is 0. The molecule has 274 valence electrons. The van der Waals surface area contributed by atoms with Gasteiger partial charge in [-0.15, -0.1) is 0 Å². The van der Waals surface area contributed by atoms with E-state index >= 15 is 0 Å². The first-order valence-corrected chi connectivity index (χ1v) is 19.8. The van der Waals surface area contributed by atoms with Crippen LogP contribution in [0.3, 0.4) is 0 Å². The first kappa shape index (κ1) is 32.0. The molecule has 13 aromatic rings. The van der Waals surface area contributed by atoms with Gasteiger partial charge in [0, 0.05) is 49.0 Å². The molecule has 0 saturated carbocycles. The fraction of sp³-hybridized carbons (Fsp3) is 0. The topological polar surface area (TPSA) is 69.9 Å². The Kier molecular flexibility index (Phi) is 6.63. The lowest BCUT2D eigenvalue weighted by molar-refractivity contribution is 0.666. The highest BCUT2D eigenvalue weighted by atomic mass is 16.3. The van der Waals surface area contributed by atoms with Gasteiger partial charge in [-0.3, -0.25) is 0 Å². The standard InChI is InChI=1S/C53H30N4O2/c1-2-13-32-28-35(25-24-31(32)12-1)51-54-52(40-19-11-23-47-48(40)39-18-7-10-22-46(39)58-47)56-53(55-51)41-27-26-38-37-17-6-9-21-45(37)59-50(38)49(41)57-43-20-8-5-16-36(43)42-29-33-14-3-4-15-34(33)30-44(42)57/h1-30H. The molecule has 4 aromatic heterocycles. The van der Waals surface area contributed by atoms with Crippen LogP contribution in [0.5, 0.6) is 0 Å². The fourth-order valence-corrected chi connectivity index (χ4v) is 9.11. The number of nitrogens with zero attached hydrogens (tertiary/aromatic N) is 4. The summed E-state index contributed by atoms with van der Waals surface area (Å²) in [5, 5.41) is 11.0. The van der Waals surface area contributed by atoms with Crippen LogP contribution in [0.1, 0.15) is 0 Å². The highest BCUT2D eigenvalue weighted by Gasteiger charge is 2.25. The number of aromatic nitrogens is 4. The molecule has 0 spiro atoms. The van der Waals surface area contributed by atoms with Gasteiger partial charge in [0.25, 0.3) is 0 Å². The second-order valence-corrected chi connectivity index (χ2v) is 15.2. The van der Waals surface area contributed by atoms with Gasteiger partial charge < -0.3 is 13.4 Å². The van der Waals surface area contributed by atoms with Crippen molar-refractivity contribution in [3.63, 3.8) is 0 Å². The Morgan fingerprint density at radius 1 is 0.356 bits per heavy atom. The van der Waals surface area contributed by atoms with E-state index in [1.54, 1.807) is 0 Å². The molecule has 13 rings (SSSR count). The first-order valence-electron chi connectivity index (χ1n) is 19.8. The van der Waals surface area contributed by atoms with Crippen molar-refractivity contribution < 1.29 is 8.83 Å². The van der Waals surface area contributed by atoms with Crippen molar-refractivity contribution in [3.8, 4) is 39.9 Å². The Hall–Kier alpha value is -8.09. The van der Waals surface area contributed by atoms with E-state index in [0.717, 1.165) is 104 Å². The lowest BCUT2D eigenvalue weighted by atomic mass is 10.0. The maximum atomic E-state index is 6.92. The number of para-hydroxylation sites is 3. The predicted molar refractivity (Wildman–Crippen MR) is 240 cm³/mol. The van der Waals surface area contributed by atoms with Gasteiger partial charge in [-0.25, -0.2) is 15.0 Å². The van der Waals surface area contributed by atoms with Crippen LogP contribution < -0.4 is 0 Å². The molecular weight excluding hydrogens is 725 g/mol. The molecule has 0 saturated heterocycles. The average Bonchev–Trinajstić information content (AvgIpc) is 3.97. The summed E-state index contributed by atoms with van der Waals surface area (Å²) in [7, 11) is 0. The fourth-order valence-electron chi connectivity index (χ4n) is 9.11. The molecule has 0 bridgehead atoms. The van der Waals surface area contributed by atoms with Crippen molar-refractivity contribution in [1.29, 1.82) is 0 Å². The van der Waals surface area contributed by atoms with E-state index in [1.165, 1.54) is 5.39 Å². The third-order valence-corrected chi connectivity index (χ3v) is 11.8. The Morgan fingerprint density at radius 2 is 0.983 bits per heavy atom. The summed E-state index contributed by atoms with van der Waals surface area (Å²) in [5.74, 6) is 1.66. The second-order valence-electron chi connectivity index (χ2n) is 15.2. The summed E-state index contributed by atoms with van der Waals surface area (Å²) in [4.78, 5) is 16.1. The average molecular weight is 755 g/mol. The quantitative estimate of drug-likeness (QED) is 0.179. The predicted octanol–water partition coefficient (Wildman–Crippen LogP) is 14.1. The first-order chi connectivity index (χ1) is 29.2. The van der Waals surface area contributed by atoms with Crippen molar-refractivity contribution in [2.24, 2.45) is 0 Å². The number of rotatable bonds is 4. The van der Waals surface area contributed by atoms with E-state index in [4.69, 9.17) is 23.8 Å². The maximum absolute atomic E-state index is 6.92. The summed E-state index contributed by atoms with van der Waals surface area (Å²) in [6, 6.07) is 63.3. The highest BCUT2D eigenvalue weighted by molar-refractivity contribution is 6.17. The summed E-state index contributed by atoms with van der Waals surface area (Å²) in [6.07, 6.45) is 0. The Balaban J connectivity index is 1.17. The summed E-state index contributed by atoms with van der Waals surface area (Å²) < 4.78 is 15.6. The van der Waals surface area contributed by atoms with Gasteiger partial charge in [0.2, 0.25) is 0 Å². The van der Waals surface area contributed by atoms with Gasteiger partial charge in [0.05, 0.1) is 11.0 Å². The molecule has 0 aliphatic rings. The van der Waals surface area contributed by atoms with E-state index in [-0.39, 0.29) is 0 Å². The molecule has 0 amide bonds. The van der Waals surface area contributed by atoms with Gasteiger partial charge in [-0.1, -0.05) is 127 Å². The van der Waals surface area contributed by atoms with Crippen LogP contribution in [0.15, 0.2) is 191 Å². The molecule has 0 N–H and O–H groups in total. The van der Waals surface area contributed by atoms with Gasteiger partial charge in [0.15, 0.2) is 23.1 Å². The zero-order chi connectivity index (χ0) is 38.6. The SMILES string of the molecule is c1ccc2cc(-c3nc(-c4ccc5c(oc6ccccc65)c4-n4c5ccccc5c5cc6ccccc6cc54)nc(-c4cccc5oc6ccccc6c45)n3)ccc2c1. The molecule has 0 unspecified atom stereocenters. The normalized spacial score (nSPS) is 12.1. The van der Waals surface area contributed by atoms with E-state index in [0.29, 0.717) is 17.5 Å². The van der Waals surface area contributed by atoms with Crippen LogP contribution in [-0.4, -0.2) is 19.5 Å². The molecule has 0 radical (unpaired) electrons. The second kappa shape index (κ2) is 12.2. The molecule has 59 heavy (non-hydrogen) atoms. The van der Waals surface area contributed by atoms with Crippen molar-refractivity contribution >= 4 is 87.2 Å². The minimum absolute atomic E-state index is 0.534. The van der Waals surface area contributed by atoms with Crippen LogP contribution in [-0.2, 0) is 0 Å². The van der Waals surface area contributed by atoms with Gasteiger partial charge in [-0.05, 0) is 76.1 Å². The van der Waals surface area contributed by atoms with Gasteiger partial charge in [-0.2, -0.15) is 0 Å². The number of hydrogen-bond donors (Lipinski definition) is 0. The summed E-state index contributed by atoms with van der Waals surface area (Å²) >= 11 is 0. The van der Waals surface area contributed by atoms with E-state index in [2.05, 4.69) is 144 Å². The minimum Gasteiger partial charge on any atom is -0.456 e. The molecule has 0 atom stereocenters. The van der Waals surface area contributed by atoms with Crippen molar-refractivity contribution in [3.05, 3.63) is 182 Å². The smallest absolute Gasteiger partial charge is 0.166 e. The molecule has 0 aliphatic carbocycles. The van der Waals surface area contributed by atoms with Crippen molar-refractivity contribution in [2.75, 3.05) is 0 Å². The zero-order valence-corrected chi connectivity index (χ0v) is 31.4. The Bertz CT molecular complexity index is 3870. The highest BCUT2D eigenvalue weighted by Crippen LogP contribution is 2.44. The molecule has 9 aromatic carbocycles. The Labute approximate surface area is 336 Å². The van der Waals surface area contributed by atoms with E-state index in [1.807, 2.05) is 42.5 Å². The molecular formula is C53H30N4O2. The third kappa shape index (κ3) is 4.77. The molecule has 0 fully saturated rings. The number of furan rings is 2. The van der Waals surface area contributed by atoms with Crippen LogP contribution in [0.2, 0.25) is 0 Å². The van der Waals surface area contributed by atoms with Gasteiger partial charge in [0.1, 0.15) is 22.4 Å². The van der Waals surface area contributed by atoms with Crippen LogP contribution in [0.4, 0.5) is 0 Å². The van der Waals surface area contributed by atoms with Crippen LogP contribution in [0.25, 0.3) is 127 Å². The van der Waals surface area contributed by atoms with Crippen LogP contribution >= 0.6 is 0 Å². The third-order valence-electron chi connectivity index (χ3n) is 11.8. The number of hydrogen-bond acceptors (Lipinski definition) is 5. The molecule has 6 heteroatoms. The molecule has 0 aliphatic heterocycles. The maximum Gasteiger partial charge on any atom is 0.166 e. The Morgan fingerprint density at radius 3 is 1.81 bits per heavy atom.